The van der Waals surface area contributed by atoms with E-state index in [1.807, 2.05) is 57.2 Å². The van der Waals surface area contributed by atoms with E-state index in [1.165, 1.54) is 0 Å². The number of nitrogens with zero attached hydrogens (tertiary/aromatic N) is 1. The number of hydrogen-bond acceptors (Lipinski definition) is 4. The Kier molecular flexibility index (Phi) is 6.21. The van der Waals surface area contributed by atoms with Gasteiger partial charge < -0.3 is 14.4 Å². The van der Waals surface area contributed by atoms with Crippen molar-refractivity contribution < 1.29 is 14.3 Å². The van der Waals surface area contributed by atoms with Crippen molar-refractivity contribution in [1.82, 2.24) is 4.90 Å². The van der Waals surface area contributed by atoms with E-state index < -0.39 is 5.60 Å². The van der Waals surface area contributed by atoms with Crippen LogP contribution in [0, 0.1) is 0 Å². The number of benzene rings is 1. The van der Waals surface area contributed by atoms with Gasteiger partial charge in [-0.25, -0.2) is 4.79 Å². The largest absolute Gasteiger partial charge is 0.457 e. The first-order chi connectivity index (χ1) is 11.4. The van der Waals surface area contributed by atoms with Gasteiger partial charge in [0, 0.05) is 19.2 Å². The summed E-state index contributed by atoms with van der Waals surface area (Å²) in [5, 5.41) is 0. The zero-order valence-corrected chi connectivity index (χ0v) is 14.8. The zero-order chi connectivity index (χ0) is 17.6. The highest BCUT2D eigenvalue weighted by Crippen LogP contribution is 2.26. The van der Waals surface area contributed by atoms with Crippen LogP contribution in [0.5, 0.6) is 0 Å². The van der Waals surface area contributed by atoms with E-state index in [0.29, 0.717) is 13.2 Å². The molecule has 0 spiro atoms. The van der Waals surface area contributed by atoms with Crippen molar-refractivity contribution in [1.29, 1.82) is 0 Å². The third-order valence-electron chi connectivity index (χ3n) is 3.67. The van der Waals surface area contributed by atoms with Gasteiger partial charge in [0.2, 0.25) is 0 Å². The van der Waals surface area contributed by atoms with Crippen LogP contribution in [0.4, 0.5) is 0 Å². The lowest BCUT2D eigenvalue weighted by Crippen LogP contribution is -2.26. The maximum Gasteiger partial charge on any atom is 0.333 e. The van der Waals surface area contributed by atoms with Crippen molar-refractivity contribution >= 4 is 5.97 Å². The molecule has 1 fully saturated rings. The van der Waals surface area contributed by atoms with Gasteiger partial charge in [0.05, 0.1) is 18.4 Å². The predicted octanol–water partition coefficient (Wildman–Crippen LogP) is 3.69. The molecule has 2 rings (SSSR count). The van der Waals surface area contributed by atoms with Crippen LogP contribution >= 0.6 is 0 Å². The Morgan fingerprint density at radius 1 is 1.33 bits per heavy atom. The molecule has 1 aromatic carbocycles. The van der Waals surface area contributed by atoms with Gasteiger partial charge in [-0.1, -0.05) is 36.4 Å². The maximum absolute atomic E-state index is 12.2. The molecule has 0 N–H and O–H groups in total. The van der Waals surface area contributed by atoms with Crippen LogP contribution in [0.2, 0.25) is 0 Å². The van der Waals surface area contributed by atoms with Crippen LogP contribution < -0.4 is 0 Å². The number of esters is 1. The second kappa shape index (κ2) is 8.15. The van der Waals surface area contributed by atoms with Crippen molar-refractivity contribution in [3.63, 3.8) is 0 Å². The first-order valence-corrected chi connectivity index (χ1v) is 8.35. The molecule has 0 amide bonds. The Hall–Kier alpha value is -2.07. The molecule has 1 unspecified atom stereocenters. The molecule has 1 heterocycles. The summed E-state index contributed by atoms with van der Waals surface area (Å²) in [7, 11) is 0. The summed E-state index contributed by atoms with van der Waals surface area (Å²) < 4.78 is 11.5. The zero-order valence-electron chi connectivity index (χ0n) is 14.8. The van der Waals surface area contributed by atoms with E-state index in [4.69, 9.17) is 9.47 Å². The third-order valence-corrected chi connectivity index (χ3v) is 3.67. The van der Waals surface area contributed by atoms with Crippen LogP contribution in [0.15, 0.2) is 54.8 Å². The number of ether oxygens (including phenoxy) is 2. The maximum atomic E-state index is 12.2. The second-order valence-electron chi connectivity index (χ2n) is 6.91. The lowest BCUT2D eigenvalue weighted by atomic mass is 10.2. The van der Waals surface area contributed by atoms with Crippen LogP contribution in [-0.4, -0.2) is 35.7 Å². The topological polar surface area (TPSA) is 38.8 Å². The minimum Gasteiger partial charge on any atom is -0.457 e. The quantitative estimate of drug-likeness (QED) is 0.453. The molecule has 0 bridgehead atoms. The van der Waals surface area contributed by atoms with Crippen molar-refractivity contribution in [3.8, 4) is 0 Å². The highest BCUT2D eigenvalue weighted by molar-refractivity contribution is 5.83. The molecule has 0 radical (unpaired) electrons. The molecule has 1 aliphatic heterocycles. The Labute approximate surface area is 144 Å². The summed E-state index contributed by atoms with van der Waals surface area (Å²) in [5.74, 6) is -0.332. The SMILES string of the molecule is C=CCN1CCC(OCc2ccccc2)/C1=C/C(=O)OC(C)(C)C. The van der Waals surface area contributed by atoms with E-state index in [-0.39, 0.29) is 12.1 Å². The molecule has 0 aliphatic carbocycles. The summed E-state index contributed by atoms with van der Waals surface area (Å²) in [6.45, 7) is 11.5. The number of likely N-dealkylation sites (tertiary alicyclic amines) is 1. The van der Waals surface area contributed by atoms with Crippen LogP contribution in [0.3, 0.4) is 0 Å². The fraction of sp³-hybridized carbons (Fsp3) is 0.450. The normalized spacial score (nSPS) is 19.5. The van der Waals surface area contributed by atoms with E-state index in [2.05, 4.69) is 11.5 Å². The van der Waals surface area contributed by atoms with Gasteiger partial charge >= 0.3 is 5.97 Å². The van der Waals surface area contributed by atoms with Crippen molar-refractivity contribution in [2.24, 2.45) is 0 Å². The Morgan fingerprint density at radius 3 is 2.67 bits per heavy atom. The molecule has 0 aromatic heterocycles. The van der Waals surface area contributed by atoms with E-state index >= 15 is 0 Å². The number of carbonyl (C=O) groups is 1. The lowest BCUT2D eigenvalue weighted by Gasteiger charge is -2.23. The average Bonchev–Trinajstić information content (AvgIpc) is 2.87. The summed E-state index contributed by atoms with van der Waals surface area (Å²) in [6, 6.07) is 10.0. The third kappa shape index (κ3) is 5.53. The van der Waals surface area contributed by atoms with Crippen LogP contribution in [-0.2, 0) is 20.9 Å². The number of rotatable bonds is 6. The molecule has 24 heavy (non-hydrogen) atoms. The molecule has 4 nitrogen and oxygen atoms in total. The van der Waals surface area contributed by atoms with Crippen LogP contribution in [0.25, 0.3) is 0 Å². The van der Waals surface area contributed by atoms with Gasteiger partial charge in [0.25, 0.3) is 0 Å². The van der Waals surface area contributed by atoms with Gasteiger partial charge in [-0.2, -0.15) is 0 Å². The monoisotopic (exact) mass is 329 g/mol. The van der Waals surface area contributed by atoms with Crippen molar-refractivity contribution in [3.05, 3.63) is 60.3 Å². The Morgan fingerprint density at radius 2 is 2.04 bits per heavy atom. The first kappa shape index (κ1) is 18.3. The van der Waals surface area contributed by atoms with E-state index in [1.54, 1.807) is 6.08 Å². The average molecular weight is 329 g/mol. The van der Waals surface area contributed by atoms with Crippen molar-refractivity contribution in [2.45, 2.75) is 45.5 Å². The molecule has 0 saturated carbocycles. The Bertz CT molecular complexity index is 587. The van der Waals surface area contributed by atoms with Gasteiger partial charge in [-0.05, 0) is 32.8 Å². The lowest BCUT2D eigenvalue weighted by molar-refractivity contribution is -0.148. The summed E-state index contributed by atoms with van der Waals surface area (Å²) in [5.41, 5.74) is 1.49. The summed E-state index contributed by atoms with van der Waals surface area (Å²) in [4.78, 5) is 14.3. The standard InChI is InChI=1S/C20H27NO3/c1-5-12-21-13-11-18(23-15-16-9-7-6-8-10-16)17(21)14-19(22)24-20(2,3)4/h5-10,14,18H,1,11-13,15H2,2-4H3/b17-14-. The Balaban J connectivity index is 2.07. The van der Waals surface area contributed by atoms with E-state index in [9.17, 15) is 4.79 Å². The van der Waals surface area contributed by atoms with Crippen molar-refractivity contribution in [2.75, 3.05) is 13.1 Å². The smallest absolute Gasteiger partial charge is 0.333 e. The number of hydrogen-bond donors (Lipinski definition) is 0. The van der Waals surface area contributed by atoms with Gasteiger partial charge in [-0.3, -0.25) is 0 Å². The minimum atomic E-state index is -0.504. The molecule has 1 saturated heterocycles. The summed E-state index contributed by atoms with van der Waals surface area (Å²) in [6.07, 6.45) is 4.16. The molecule has 1 atom stereocenters. The summed E-state index contributed by atoms with van der Waals surface area (Å²) >= 11 is 0. The predicted molar refractivity (Wildman–Crippen MR) is 95.3 cm³/mol. The highest BCUT2D eigenvalue weighted by atomic mass is 16.6. The first-order valence-electron chi connectivity index (χ1n) is 8.35. The molecular weight excluding hydrogens is 302 g/mol. The molecule has 1 aromatic rings. The van der Waals surface area contributed by atoms with Crippen LogP contribution in [0.1, 0.15) is 32.8 Å². The van der Waals surface area contributed by atoms with Gasteiger partial charge in [0.1, 0.15) is 5.60 Å². The molecule has 130 valence electrons. The van der Waals surface area contributed by atoms with Gasteiger partial charge in [-0.15, -0.1) is 6.58 Å². The second-order valence-corrected chi connectivity index (χ2v) is 6.91. The van der Waals surface area contributed by atoms with Gasteiger partial charge in [0.15, 0.2) is 0 Å². The fourth-order valence-electron chi connectivity index (χ4n) is 2.68. The van der Waals surface area contributed by atoms with E-state index in [0.717, 1.165) is 24.2 Å². The number of carbonyl (C=O) groups excluding carboxylic acids is 1. The molecular formula is C20H27NO3. The molecule has 4 heteroatoms. The fourth-order valence-corrected chi connectivity index (χ4v) is 2.68. The highest BCUT2D eigenvalue weighted by Gasteiger charge is 2.29. The minimum absolute atomic E-state index is 0.0994. The molecule has 1 aliphatic rings.